The molecule has 0 spiro atoms. The van der Waals surface area contributed by atoms with E-state index in [1.807, 2.05) is 26.8 Å². The highest BCUT2D eigenvalue weighted by atomic mass is 79.9. The van der Waals surface area contributed by atoms with Crippen LogP contribution in [0.4, 0.5) is 20.7 Å². The monoisotopic (exact) mass is 478 g/mol. The fraction of sp³-hybridized carbons (Fsp3) is 0.381. The Hall–Kier alpha value is -2.68. The van der Waals surface area contributed by atoms with Gasteiger partial charge in [0, 0.05) is 30.7 Å². The first-order valence-corrected chi connectivity index (χ1v) is 10.4. The van der Waals surface area contributed by atoms with Gasteiger partial charge < -0.3 is 19.9 Å². The minimum Gasteiger partial charge on any atom is -0.444 e. The molecule has 1 saturated heterocycles. The molecule has 0 radical (unpaired) electrons. The average Bonchev–Trinajstić information content (AvgIpc) is 2.69. The summed E-state index contributed by atoms with van der Waals surface area (Å²) in [6.07, 6.45) is 1.34. The predicted octanol–water partition coefficient (Wildman–Crippen LogP) is 4.29. The molecule has 2 aromatic rings. The summed E-state index contributed by atoms with van der Waals surface area (Å²) in [4.78, 5) is 32.5. The number of hydrogen-bond donors (Lipinski definition) is 1. The molecular formula is C21H24BrFN4O3. The molecule has 9 heteroatoms. The number of nitrogens with one attached hydrogen (secondary N) is 1. The minimum absolute atomic E-state index is 0.0616. The number of carbonyl (C=O) groups is 2. The van der Waals surface area contributed by atoms with Gasteiger partial charge in [-0.25, -0.2) is 14.2 Å². The van der Waals surface area contributed by atoms with Crippen LogP contribution in [0.25, 0.3) is 0 Å². The number of rotatable bonds is 3. The second-order valence-electron chi connectivity index (χ2n) is 7.93. The molecule has 0 saturated carbocycles. The summed E-state index contributed by atoms with van der Waals surface area (Å²) in [5.41, 5.74) is 0.302. The van der Waals surface area contributed by atoms with Gasteiger partial charge in [-0.2, -0.15) is 0 Å². The average molecular weight is 479 g/mol. The molecule has 7 nitrogen and oxygen atoms in total. The molecule has 3 rings (SSSR count). The second-order valence-corrected chi connectivity index (χ2v) is 8.85. The Labute approximate surface area is 183 Å². The number of amides is 2. The summed E-state index contributed by atoms with van der Waals surface area (Å²) in [6.45, 7) is 7.94. The van der Waals surface area contributed by atoms with E-state index in [1.165, 1.54) is 18.2 Å². The van der Waals surface area contributed by atoms with E-state index in [-0.39, 0.29) is 11.7 Å². The van der Waals surface area contributed by atoms with Crippen molar-refractivity contribution in [1.82, 2.24) is 9.88 Å². The van der Waals surface area contributed by atoms with E-state index in [0.717, 1.165) is 5.69 Å². The van der Waals surface area contributed by atoms with Crippen molar-refractivity contribution in [3.8, 4) is 0 Å². The van der Waals surface area contributed by atoms with Crippen LogP contribution in [-0.4, -0.2) is 53.7 Å². The molecule has 0 aliphatic carbocycles. The van der Waals surface area contributed by atoms with Gasteiger partial charge in [0.2, 0.25) is 0 Å². The number of aromatic nitrogens is 1. The standard InChI is InChI=1S/C21H24BrFN4O3/c1-21(2,3)30-20(29)27-10-8-26(9-11-27)15-5-7-18(24-13-15)25-19(28)16-12-14(22)4-6-17(16)23/h4-7,12-13H,8-11H2,1-3H3,(H,24,25,28). The number of carbonyl (C=O) groups excluding carboxylic acids is 2. The van der Waals surface area contributed by atoms with Crippen molar-refractivity contribution < 1.29 is 18.7 Å². The van der Waals surface area contributed by atoms with Crippen LogP contribution in [0.15, 0.2) is 41.0 Å². The number of piperazine rings is 1. The zero-order chi connectivity index (χ0) is 21.9. The van der Waals surface area contributed by atoms with Crippen molar-refractivity contribution >= 4 is 39.4 Å². The molecule has 1 aromatic carbocycles. The van der Waals surface area contributed by atoms with Crippen molar-refractivity contribution in [2.75, 3.05) is 36.4 Å². The molecule has 0 unspecified atom stereocenters. The molecule has 1 aromatic heterocycles. The van der Waals surface area contributed by atoms with E-state index < -0.39 is 17.3 Å². The molecule has 1 fully saturated rings. The minimum atomic E-state index is -0.602. The number of ether oxygens (including phenoxy) is 1. The maximum atomic E-state index is 13.9. The summed E-state index contributed by atoms with van der Waals surface area (Å²) in [5, 5.41) is 2.60. The molecule has 1 N–H and O–H groups in total. The van der Waals surface area contributed by atoms with Crippen molar-refractivity contribution in [1.29, 1.82) is 0 Å². The first kappa shape index (κ1) is 22.0. The fourth-order valence-electron chi connectivity index (χ4n) is 2.98. The highest BCUT2D eigenvalue weighted by Gasteiger charge is 2.26. The Kier molecular flexibility index (Phi) is 6.60. The first-order chi connectivity index (χ1) is 14.1. The molecular weight excluding hydrogens is 455 g/mol. The zero-order valence-electron chi connectivity index (χ0n) is 17.1. The van der Waals surface area contributed by atoms with Gasteiger partial charge in [0.05, 0.1) is 17.4 Å². The number of anilines is 2. The quantitative estimate of drug-likeness (QED) is 0.711. The van der Waals surface area contributed by atoms with E-state index in [0.29, 0.717) is 36.5 Å². The SMILES string of the molecule is CC(C)(C)OC(=O)N1CCN(c2ccc(NC(=O)c3cc(Br)ccc3F)nc2)CC1. The van der Waals surface area contributed by atoms with Crippen LogP contribution in [0.2, 0.25) is 0 Å². The van der Waals surface area contributed by atoms with Crippen molar-refractivity contribution in [2.24, 2.45) is 0 Å². The third kappa shape index (κ3) is 5.69. The Morgan fingerprint density at radius 1 is 1.13 bits per heavy atom. The predicted molar refractivity (Wildman–Crippen MR) is 116 cm³/mol. The van der Waals surface area contributed by atoms with Gasteiger partial charge >= 0.3 is 6.09 Å². The highest BCUT2D eigenvalue weighted by molar-refractivity contribution is 9.10. The lowest BCUT2D eigenvalue weighted by atomic mass is 10.2. The van der Waals surface area contributed by atoms with Gasteiger partial charge in [-0.3, -0.25) is 4.79 Å². The molecule has 2 amide bonds. The maximum absolute atomic E-state index is 13.9. The molecule has 30 heavy (non-hydrogen) atoms. The highest BCUT2D eigenvalue weighted by Crippen LogP contribution is 2.20. The van der Waals surface area contributed by atoms with Gasteiger partial charge in [0.1, 0.15) is 17.2 Å². The van der Waals surface area contributed by atoms with Crippen LogP contribution < -0.4 is 10.2 Å². The third-order valence-electron chi connectivity index (χ3n) is 4.46. The Bertz CT molecular complexity index is 923. The van der Waals surface area contributed by atoms with Gasteiger partial charge in [-0.1, -0.05) is 15.9 Å². The Morgan fingerprint density at radius 3 is 2.43 bits per heavy atom. The summed E-state index contributed by atoms with van der Waals surface area (Å²) < 4.78 is 19.9. The van der Waals surface area contributed by atoms with E-state index in [2.05, 4.69) is 31.1 Å². The number of halogens is 2. The third-order valence-corrected chi connectivity index (χ3v) is 4.95. The van der Waals surface area contributed by atoms with Crippen LogP contribution >= 0.6 is 15.9 Å². The van der Waals surface area contributed by atoms with Crippen molar-refractivity contribution in [3.63, 3.8) is 0 Å². The van der Waals surface area contributed by atoms with Gasteiger partial charge in [-0.15, -0.1) is 0 Å². The smallest absolute Gasteiger partial charge is 0.410 e. The van der Waals surface area contributed by atoms with Crippen LogP contribution in [0.3, 0.4) is 0 Å². The van der Waals surface area contributed by atoms with E-state index in [9.17, 15) is 14.0 Å². The summed E-state index contributed by atoms with van der Waals surface area (Å²) in [6, 6.07) is 7.68. The van der Waals surface area contributed by atoms with Gasteiger partial charge in [-0.05, 0) is 51.1 Å². The van der Waals surface area contributed by atoms with Crippen LogP contribution in [-0.2, 0) is 4.74 Å². The lowest BCUT2D eigenvalue weighted by Crippen LogP contribution is -2.50. The van der Waals surface area contributed by atoms with Gasteiger partial charge in [0.15, 0.2) is 0 Å². The zero-order valence-corrected chi connectivity index (χ0v) is 18.7. The summed E-state index contributed by atoms with van der Waals surface area (Å²) >= 11 is 3.23. The molecule has 1 aliphatic heterocycles. The largest absolute Gasteiger partial charge is 0.444 e. The molecule has 160 valence electrons. The molecule has 0 atom stereocenters. The normalized spacial score (nSPS) is 14.4. The van der Waals surface area contributed by atoms with E-state index in [1.54, 1.807) is 17.2 Å². The Balaban J connectivity index is 1.57. The summed E-state index contributed by atoms with van der Waals surface area (Å²) in [5.74, 6) is -0.842. The molecule has 0 bridgehead atoms. The van der Waals surface area contributed by atoms with Crippen LogP contribution in [0, 0.1) is 5.82 Å². The van der Waals surface area contributed by atoms with E-state index in [4.69, 9.17) is 4.74 Å². The van der Waals surface area contributed by atoms with E-state index >= 15 is 0 Å². The Morgan fingerprint density at radius 2 is 1.83 bits per heavy atom. The lowest BCUT2D eigenvalue weighted by molar-refractivity contribution is 0.0240. The molecule has 2 heterocycles. The van der Waals surface area contributed by atoms with Crippen LogP contribution in [0.5, 0.6) is 0 Å². The van der Waals surface area contributed by atoms with Gasteiger partial charge in [0.25, 0.3) is 5.91 Å². The van der Waals surface area contributed by atoms with Crippen molar-refractivity contribution in [3.05, 3.63) is 52.4 Å². The summed E-state index contributed by atoms with van der Waals surface area (Å²) in [7, 11) is 0. The number of nitrogens with zero attached hydrogens (tertiary/aromatic N) is 3. The number of pyridine rings is 1. The van der Waals surface area contributed by atoms with Crippen molar-refractivity contribution in [2.45, 2.75) is 26.4 Å². The van der Waals surface area contributed by atoms with Crippen LogP contribution in [0.1, 0.15) is 31.1 Å². The fourth-order valence-corrected chi connectivity index (χ4v) is 3.34. The number of benzene rings is 1. The maximum Gasteiger partial charge on any atom is 0.410 e. The lowest BCUT2D eigenvalue weighted by Gasteiger charge is -2.36. The topological polar surface area (TPSA) is 74.8 Å². The molecule has 1 aliphatic rings. The first-order valence-electron chi connectivity index (χ1n) is 9.58. The second kappa shape index (κ2) is 8.99. The number of hydrogen-bond acceptors (Lipinski definition) is 5.